The molecular weight excluding hydrogens is 456 g/mol. The van der Waals surface area contributed by atoms with Crippen LogP contribution in [0.15, 0.2) is 27.7 Å². The molecule has 2 saturated heterocycles. The number of benzene rings is 1. The second kappa shape index (κ2) is 7.92. The average molecular weight is 475 g/mol. The number of sulfone groups is 1. The molecule has 0 aromatic heterocycles. The molecule has 0 bridgehead atoms. The number of carbonyl (C=O) groups is 2. The van der Waals surface area contributed by atoms with E-state index in [1.165, 1.54) is 11.8 Å². The van der Waals surface area contributed by atoms with Crippen molar-refractivity contribution < 1.29 is 23.1 Å². The molecular formula is C17H19BrN2O5S2. The van der Waals surface area contributed by atoms with Crippen LogP contribution in [0.4, 0.5) is 5.69 Å². The molecule has 1 aromatic carbocycles. The quantitative estimate of drug-likeness (QED) is 0.698. The van der Waals surface area contributed by atoms with E-state index in [9.17, 15) is 18.0 Å². The number of carbonyl (C=O) groups excluding carboxylic acids is 1. The van der Waals surface area contributed by atoms with Crippen LogP contribution in [0, 0.1) is 6.92 Å². The van der Waals surface area contributed by atoms with E-state index < -0.39 is 15.8 Å². The number of carboxylic acid groups (broad SMARTS) is 1. The highest BCUT2D eigenvalue weighted by Gasteiger charge is 2.49. The van der Waals surface area contributed by atoms with E-state index >= 15 is 0 Å². The molecule has 2 aliphatic rings. The summed E-state index contributed by atoms with van der Waals surface area (Å²) in [5.74, 6) is -1.23. The minimum atomic E-state index is -3.12. The number of thioether (sulfide) groups is 1. The molecule has 2 atom stereocenters. The fourth-order valence-electron chi connectivity index (χ4n) is 3.20. The van der Waals surface area contributed by atoms with Gasteiger partial charge < -0.3 is 10.0 Å². The molecule has 2 fully saturated rings. The summed E-state index contributed by atoms with van der Waals surface area (Å²) in [7, 11) is -3.12. The number of nitrogens with zero attached hydrogens (tertiary/aromatic N) is 2. The summed E-state index contributed by atoms with van der Waals surface area (Å²) in [6, 6.07) is 5.43. The van der Waals surface area contributed by atoms with Crippen molar-refractivity contribution in [3.63, 3.8) is 0 Å². The first-order valence-corrected chi connectivity index (χ1v) is 11.9. The van der Waals surface area contributed by atoms with E-state index in [1.807, 2.05) is 30.0 Å². The Labute approximate surface area is 170 Å². The Balaban J connectivity index is 1.88. The zero-order valence-electron chi connectivity index (χ0n) is 14.6. The summed E-state index contributed by atoms with van der Waals surface area (Å²) < 4.78 is 25.1. The number of anilines is 1. The third-order valence-corrected chi connectivity index (χ3v) is 8.59. The van der Waals surface area contributed by atoms with Gasteiger partial charge in [-0.25, -0.2) is 8.42 Å². The molecule has 146 valence electrons. The van der Waals surface area contributed by atoms with E-state index in [4.69, 9.17) is 5.11 Å². The minimum absolute atomic E-state index is 0.0337. The normalized spacial score (nSPS) is 25.0. The molecule has 1 aromatic rings. The van der Waals surface area contributed by atoms with Gasteiger partial charge in [-0.15, -0.1) is 0 Å². The molecule has 2 heterocycles. The SMILES string of the molecule is Cc1cc(N2C(=NC(=O)CCCC(=O)O)S[C@@H]3CS(=O)(=O)C[C@H]32)ccc1Br. The third kappa shape index (κ3) is 4.72. The molecule has 27 heavy (non-hydrogen) atoms. The van der Waals surface area contributed by atoms with Crippen LogP contribution in [-0.2, 0) is 19.4 Å². The van der Waals surface area contributed by atoms with Crippen molar-refractivity contribution in [3.8, 4) is 0 Å². The molecule has 2 aliphatic heterocycles. The fraction of sp³-hybridized carbons (Fsp3) is 0.471. The van der Waals surface area contributed by atoms with Gasteiger partial charge in [0.25, 0.3) is 0 Å². The first-order chi connectivity index (χ1) is 12.7. The topological polar surface area (TPSA) is 104 Å². The molecule has 7 nitrogen and oxygen atoms in total. The largest absolute Gasteiger partial charge is 0.481 e. The van der Waals surface area contributed by atoms with Crippen LogP contribution in [0.1, 0.15) is 24.8 Å². The number of hydrogen-bond acceptors (Lipinski definition) is 5. The molecule has 3 rings (SSSR count). The number of carboxylic acids is 1. The summed E-state index contributed by atoms with van der Waals surface area (Å²) >= 11 is 4.77. The third-order valence-electron chi connectivity index (χ3n) is 4.49. The number of aliphatic carboxylic acids is 1. The van der Waals surface area contributed by atoms with Crippen molar-refractivity contribution in [2.75, 3.05) is 16.4 Å². The number of halogens is 1. The Hall–Kier alpha value is -1.39. The van der Waals surface area contributed by atoms with Crippen LogP contribution in [0.2, 0.25) is 0 Å². The number of hydrogen-bond donors (Lipinski definition) is 1. The lowest BCUT2D eigenvalue weighted by Gasteiger charge is -2.25. The zero-order valence-corrected chi connectivity index (χ0v) is 17.8. The van der Waals surface area contributed by atoms with E-state index in [0.29, 0.717) is 5.17 Å². The Kier molecular flexibility index (Phi) is 5.97. The molecule has 0 spiro atoms. The number of amidine groups is 1. The lowest BCUT2D eigenvalue weighted by molar-refractivity contribution is -0.137. The van der Waals surface area contributed by atoms with Gasteiger partial charge in [-0.1, -0.05) is 27.7 Å². The van der Waals surface area contributed by atoms with Crippen molar-refractivity contribution in [3.05, 3.63) is 28.2 Å². The molecule has 0 unspecified atom stereocenters. The zero-order chi connectivity index (χ0) is 19.8. The molecule has 0 radical (unpaired) electrons. The Morgan fingerprint density at radius 3 is 2.74 bits per heavy atom. The van der Waals surface area contributed by atoms with Crippen molar-refractivity contribution in [1.29, 1.82) is 0 Å². The second-order valence-electron chi connectivity index (χ2n) is 6.64. The standard InChI is InChI=1S/C17H19BrN2O5S2/c1-10-7-11(5-6-12(10)18)20-13-8-27(24,25)9-14(13)26-17(20)19-15(21)3-2-4-16(22)23/h5-7,13-14H,2-4,8-9H2,1H3,(H,22,23)/t13-,14-/m1/s1. The predicted molar refractivity (Wildman–Crippen MR) is 109 cm³/mol. The van der Waals surface area contributed by atoms with E-state index in [-0.39, 0.29) is 48.0 Å². The van der Waals surface area contributed by atoms with Crippen molar-refractivity contribution in [1.82, 2.24) is 0 Å². The maximum Gasteiger partial charge on any atom is 0.303 e. The lowest BCUT2D eigenvalue weighted by atomic mass is 10.1. The van der Waals surface area contributed by atoms with Gasteiger partial charge in [0.15, 0.2) is 15.0 Å². The summed E-state index contributed by atoms with van der Waals surface area (Å²) in [6.07, 6.45) is 0.203. The number of rotatable bonds is 5. The average Bonchev–Trinajstić information content (AvgIpc) is 3.00. The summed E-state index contributed by atoms with van der Waals surface area (Å²) in [4.78, 5) is 28.8. The van der Waals surface area contributed by atoms with Crippen LogP contribution in [-0.4, -0.2) is 53.4 Å². The van der Waals surface area contributed by atoms with Gasteiger partial charge in [0.1, 0.15) is 0 Å². The highest BCUT2D eigenvalue weighted by Crippen LogP contribution is 2.41. The van der Waals surface area contributed by atoms with Crippen LogP contribution in [0.3, 0.4) is 0 Å². The lowest BCUT2D eigenvalue weighted by Crippen LogP contribution is -2.37. The smallest absolute Gasteiger partial charge is 0.303 e. The van der Waals surface area contributed by atoms with Gasteiger partial charge in [0, 0.05) is 28.3 Å². The second-order valence-corrected chi connectivity index (χ2v) is 10.9. The van der Waals surface area contributed by atoms with Gasteiger partial charge >= 0.3 is 5.97 Å². The predicted octanol–water partition coefficient (Wildman–Crippen LogP) is 2.61. The number of fused-ring (bicyclic) bond motifs is 1. The number of aryl methyl sites for hydroxylation is 1. The van der Waals surface area contributed by atoms with Crippen molar-refractivity contribution >= 4 is 60.3 Å². The maximum atomic E-state index is 12.2. The van der Waals surface area contributed by atoms with Gasteiger partial charge in [-0.05, 0) is 37.1 Å². The van der Waals surface area contributed by atoms with Gasteiger partial charge in [-0.2, -0.15) is 4.99 Å². The fourth-order valence-corrected chi connectivity index (χ4v) is 7.38. The monoisotopic (exact) mass is 474 g/mol. The molecule has 0 aliphatic carbocycles. The summed E-state index contributed by atoms with van der Waals surface area (Å²) in [5, 5.41) is 9.01. The highest BCUT2D eigenvalue weighted by atomic mass is 79.9. The van der Waals surface area contributed by atoms with Crippen molar-refractivity contribution in [2.45, 2.75) is 37.5 Å². The molecule has 1 amide bonds. The summed E-state index contributed by atoms with van der Waals surface area (Å²) in [6.45, 7) is 1.94. The van der Waals surface area contributed by atoms with E-state index in [0.717, 1.165) is 15.7 Å². The van der Waals surface area contributed by atoms with Crippen molar-refractivity contribution in [2.24, 2.45) is 4.99 Å². The van der Waals surface area contributed by atoms with Crippen LogP contribution in [0.25, 0.3) is 0 Å². The van der Waals surface area contributed by atoms with Gasteiger partial charge in [-0.3, -0.25) is 9.59 Å². The Bertz CT molecular complexity index is 916. The van der Waals surface area contributed by atoms with Crippen LogP contribution >= 0.6 is 27.7 Å². The van der Waals surface area contributed by atoms with Crippen LogP contribution in [0.5, 0.6) is 0 Å². The number of aliphatic imine (C=N–C) groups is 1. The Morgan fingerprint density at radius 1 is 1.33 bits per heavy atom. The van der Waals surface area contributed by atoms with E-state index in [1.54, 1.807) is 0 Å². The molecule has 0 saturated carbocycles. The number of amides is 1. The molecule has 1 N–H and O–H groups in total. The maximum absolute atomic E-state index is 12.2. The Morgan fingerprint density at radius 2 is 2.07 bits per heavy atom. The first-order valence-electron chi connectivity index (χ1n) is 8.42. The van der Waals surface area contributed by atoms with Gasteiger partial charge in [0.05, 0.1) is 17.5 Å². The van der Waals surface area contributed by atoms with Gasteiger partial charge in [0.2, 0.25) is 5.91 Å². The highest BCUT2D eigenvalue weighted by molar-refractivity contribution is 9.10. The minimum Gasteiger partial charge on any atom is -0.481 e. The summed E-state index contributed by atoms with van der Waals surface area (Å²) in [5.41, 5.74) is 1.79. The van der Waals surface area contributed by atoms with Crippen LogP contribution < -0.4 is 4.90 Å². The van der Waals surface area contributed by atoms with E-state index in [2.05, 4.69) is 20.9 Å². The first kappa shape index (κ1) is 20.3. The molecule has 10 heteroatoms.